The highest BCUT2D eigenvalue weighted by atomic mass is 32.1. The number of hydrogen-bond acceptors (Lipinski definition) is 3. The van der Waals surface area contributed by atoms with E-state index in [-0.39, 0.29) is 5.60 Å². The first-order chi connectivity index (χ1) is 7.32. The molecule has 1 aromatic heterocycles. The summed E-state index contributed by atoms with van der Waals surface area (Å²) in [7, 11) is 0. The fraction of sp³-hybridized carbons (Fsp3) is 0.667. The van der Waals surface area contributed by atoms with Crippen LogP contribution in [0.4, 0.5) is 0 Å². The fourth-order valence-electron chi connectivity index (χ4n) is 2.77. The van der Waals surface area contributed by atoms with Crippen molar-refractivity contribution in [3.8, 4) is 0 Å². The third kappa shape index (κ3) is 1.45. The van der Waals surface area contributed by atoms with Gasteiger partial charge in [-0.3, -0.25) is 0 Å². The molecule has 1 saturated heterocycles. The molecule has 1 aromatic rings. The number of thiophene rings is 1. The van der Waals surface area contributed by atoms with Crippen molar-refractivity contribution in [1.29, 1.82) is 0 Å². The molecule has 0 aromatic carbocycles. The molecule has 1 spiro atoms. The van der Waals surface area contributed by atoms with E-state index in [9.17, 15) is 0 Å². The molecule has 1 fully saturated rings. The van der Waals surface area contributed by atoms with Crippen LogP contribution in [0.15, 0.2) is 5.38 Å². The Morgan fingerprint density at radius 1 is 1.53 bits per heavy atom. The lowest BCUT2D eigenvalue weighted by molar-refractivity contribution is -0.0719. The van der Waals surface area contributed by atoms with Crippen molar-refractivity contribution < 1.29 is 4.74 Å². The smallest absolute Gasteiger partial charge is 0.115 e. The quantitative estimate of drug-likeness (QED) is 0.728. The molecule has 3 rings (SSSR count). The first-order valence-electron chi connectivity index (χ1n) is 5.74. The molecule has 3 heteroatoms. The minimum absolute atomic E-state index is 0.0186. The van der Waals surface area contributed by atoms with Gasteiger partial charge in [-0.2, -0.15) is 0 Å². The molecule has 0 bridgehead atoms. The van der Waals surface area contributed by atoms with Gasteiger partial charge in [-0.05, 0) is 49.2 Å². The first-order valence-corrected chi connectivity index (χ1v) is 6.62. The molecule has 2 nitrogen and oxygen atoms in total. The molecule has 1 N–H and O–H groups in total. The summed E-state index contributed by atoms with van der Waals surface area (Å²) in [5.41, 5.74) is 3.04. The molecular formula is C12H17NOS. The van der Waals surface area contributed by atoms with Gasteiger partial charge < -0.3 is 10.1 Å². The lowest BCUT2D eigenvalue weighted by Crippen LogP contribution is -2.47. The molecule has 2 aliphatic heterocycles. The van der Waals surface area contributed by atoms with Crippen LogP contribution in [-0.4, -0.2) is 19.7 Å². The third-order valence-corrected chi connectivity index (χ3v) is 4.92. The molecule has 1 atom stereocenters. The minimum atomic E-state index is 0.0186. The molecule has 0 aliphatic carbocycles. The molecule has 0 saturated carbocycles. The standard InChI is InChI=1S/C12H17NOS/c1-9-7-15-11-10(9)3-6-14-12(11)4-2-5-13-8-12/h7,13H,2-6,8H2,1H3. The maximum atomic E-state index is 6.09. The Morgan fingerprint density at radius 3 is 3.27 bits per heavy atom. The Hall–Kier alpha value is -0.380. The van der Waals surface area contributed by atoms with Gasteiger partial charge in [0.2, 0.25) is 0 Å². The molecule has 3 heterocycles. The third-order valence-electron chi connectivity index (χ3n) is 3.59. The van der Waals surface area contributed by atoms with E-state index in [1.807, 2.05) is 11.3 Å². The Balaban J connectivity index is 2.04. The van der Waals surface area contributed by atoms with Crippen LogP contribution >= 0.6 is 11.3 Å². The van der Waals surface area contributed by atoms with E-state index < -0.39 is 0 Å². The molecule has 1 unspecified atom stereocenters. The lowest BCUT2D eigenvalue weighted by atomic mass is 9.86. The van der Waals surface area contributed by atoms with Crippen molar-refractivity contribution in [2.24, 2.45) is 0 Å². The van der Waals surface area contributed by atoms with Gasteiger partial charge in [0.25, 0.3) is 0 Å². The summed E-state index contributed by atoms with van der Waals surface area (Å²) in [6.07, 6.45) is 3.52. The Bertz CT molecular complexity index is 366. The van der Waals surface area contributed by atoms with Crippen molar-refractivity contribution in [3.05, 3.63) is 21.4 Å². The molecular weight excluding hydrogens is 206 g/mol. The Kier molecular flexibility index (Phi) is 2.34. The first kappa shape index (κ1) is 9.82. The van der Waals surface area contributed by atoms with Crippen LogP contribution in [0.1, 0.15) is 28.8 Å². The zero-order valence-corrected chi connectivity index (χ0v) is 9.95. The number of ether oxygens (including phenoxy) is 1. The van der Waals surface area contributed by atoms with Crippen LogP contribution < -0.4 is 5.32 Å². The van der Waals surface area contributed by atoms with Gasteiger partial charge in [0, 0.05) is 11.4 Å². The summed E-state index contributed by atoms with van der Waals surface area (Å²) >= 11 is 1.89. The summed E-state index contributed by atoms with van der Waals surface area (Å²) in [5, 5.41) is 5.76. The summed E-state index contributed by atoms with van der Waals surface area (Å²) < 4.78 is 6.09. The minimum Gasteiger partial charge on any atom is -0.368 e. The maximum Gasteiger partial charge on any atom is 0.115 e. The van der Waals surface area contributed by atoms with Gasteiger partial charge in [0.1, 0.15) is 5.60 Å². The van der Waals surface area contributed by atoms with Crippen LogP contribution in [0.3, 0.4) is 0 Å². The summed E-state index contributed by atoms with van der Waals surface area (Å²) in [5.74, 6) is 0. The number of hydrogen-bond donors (Lipinski definition) is 1. The number of nitrogens with one attached hydrogen (secondary N) is 1. The highest BCUT2D eigenvalue weighted by Gasteiger charge is 2.40. The maximum absolute atomic E-state index is 6.09. The SMILES string of the molecule is Cc1csc2c1CCOC21CCCNC1. The van der Waals surface area contributed by atoms with E-state index in [0.29, 0.717) is 0 Å². The monoisotopic (exact) mass is 223 g/mol. The molecule has 0 radical (unpaired) electrons. The second-order valence-electron chi connectivity index (χ2n) is 4.60. The number of piperidine rings is 1. The molecule has 15 heavy (non-hydrogen) atoms. The number of rotatable bonds is 0. The average molecular weight is 223 g/mol. The van der Waals surface area contributed by atoms with Crippen LogP contribution in [0.2, 0.25) is 0 Å². The Labute approximate surface area is 94.6 Å². The largest absolute Gasteiger partial charge is 0.368 e. The van der Waals surface area contributed by atoms with Crippen LogP contribution in [-0.2, 0) is 16.8 Å². The summed E-state index contributed by atoms with van der Waals surface area (Å²) in [6.45, 7) is 5.27. The summed E-state index contributed by atoms with van der Waals surface area (Å²) in [4.78, 5) is 1.50. The van der Waals surface area contributed by atoms with E-state index in [0.717, 1.165) is 26.1 Å². The second kappa shape index (κ2) is 3.58. The van der Waals surface area contributed by atoms with Crippen LogP contribution in [0.25, 0.3) is 0 Å². The molecule has 0 amide bonds. The van der Waals surface area contributed by atoms with E-state index >= 15 is 0 Å². The predicted octanol–water partition coefficient (Wildman–Crippen LogP) is 2.21. The fourth-order valence-corrected chi connectivity index (χ4v) is 4.06. The second-order valence-corrected chi connectivity index (χ2v) is 5.48. The van der Waals surface area contributed by atoms with Crippen molar-refractivity contribution in [2.45, 2.75) is 31.8 Å². The number of aryl methyl sites for hydroxylation is 1. The van der Waals surface area contributed by atoms with Gasteiger partial charge in [-0.15, -0.1) is 11.3 Å². The zero-order chi connectivity index (χ0) is 10.3. The van der Waals surface area contributed by atoms with Gasteiger partial charge in [0.05, 0.1) is 6.61 Å². The molecule has 2 aliphatic rings. The normalized spacial score (nSPS) is 30.5. The van der Waals surface area contributed by atoms with E-state index in [4.69, 9.17) is 4.74 Å². The summed E-state index contributed by atoms with van der Waals surface area (Å²) in [6, 6.07) is 0. The predicted molar refractivity (Wildman–Crippen MR) is 62.5 cm³/mol. The number of fused-ring (bicyclic) bond motifs is 2. The van der Waals surface area contributed by atoms with Crippen molar-refractivity contribution in [3.63, 3.8) is 0 Å². The van der Waals surface area contributed by atoms with Crippen molar-refractivity contribution >= 4 is 11.3 Å². The van der Waals surface area contributed by atoms with Crippen molar-refractivity contribution in [2.75, 3.05) is 19.7 Å². The topological polar surface area (TPSA) is 21.3 Å². The van der Waals surface area contributed by atoms with Gasteiger partial charge in [-0.25, -0.2) is 0 Å². The highest BCUT2D eigenvalue weighted by molar-refractivity contribution is 7.10. The lowest BCUT2D eigenvalue weighted by Gasteiger charge is -2.40. The van der Waals surface area contributed by atoms with Gasteiger partial charge in [0.15, 0.2) is 0 Å². The highest BCUT2D eigenvalue weighted by Crippen LogP contribution is 2.42. The van der Waals surface area contributed by atoms with Crippen LogP contribution in [0, 0.1) is 6.92 Å². The Morgan fingerprint density at radius 2 is 2.47 bits per heavy atom. The van der Waals surface area contributed by atoms with Crippen LogP contribution in [0.5, 0.6) is 0 Å². The van der Waals surface area contributed by atoms with Gasteiger partial charge >= 0.3 is 0 Å². The van der Waals surface area contributed by atoms with Gasteiger partial charge in [-0.1, -0.05) is 0 Å². The van der Waals surface area contributed by atoms with Crippen molar-refractivity contribution in [1.82, 2.24) is 5.32 Å². The van der Waals surface area contributed by atoms with E-state index in [2.05, 4.69) is 17.6 Å². The zero-order valence-electron chi connectivity index (χ0n) is 9.14. The van der Waals surface area contributed by atoms with E-state index in [1.54, 1.807) is 5.56 Å². The molecule has 82 valence electrons. The van der Waals surface area contributed by atoms with E-state index in [1.165, 1.54) is 23.3 Å². The average Bonchev–Trinajstić information content (AvgIpc) is 2.64.